The first-order valence-electron chi connectivity index (χ1n) is 13.4. The summed E-state index contributed by atoms with van der Waals surface area (Å²) in [6.45, 7) is 4.86. The monoisotopic (exact) mass is 570 g/mol. The molecule has 0 radical (unpaired) electrons. The SMILES string of the molecule is C=CCN1CC(=O)N2C(CN(Cc3cccc4scnc34)C(=O)[C@@H]2Cc2cnc[nH]2)N1C(=O)NCc1ccccc1. The van der Waals surface area contributed by atoms with Gasteiger partial charge in [0, 0.05) is 37.9 Å². The zero-order valence-electron chi connectivity index (χ0n) is 22.3. The Kier molecular flexibility index (Phi) is 7.49. The van der Waals surface area contributed by atoms with Gasteiger partial charge in [0.15, 0.2) is 0 Å². The Balaban J connectivity index is 1.35. The van der Waals surface area contributed by atoms with Crippen molar-refractivity contribution in [2.45, 2.75) is 31.7 Å². The number of fused-ring (bicyclic) bond motifs is 2. The highest BCUT2D eigenvalue weighted by atomic mass is 32.1. The third kappa shape index (κ3) is 5.31. The molecule has 2 N–H and O–H groups in total. The van der Waals surface area contributed by atoms with Crippen LogP contribution in [0.5, 0.6) is 0 Å². The number of hydrazine groups is 1. The van der Waals surface area contributed by atoms with E-state index in [1.807, 2.05) is 48.5 Å². The van der Waals surface area contributed by atoms with E-state index in [1.165, 1.54) is 0 Å². The number of carbonyl (C=O) groups is 3. The molecule has 41 heavy (non-hydrogen) atoms. The molecule has 0 spiro atoms. The number of hydrogen-bond donors (Lipinski definition) is 2. The molecule has 4 heterocycles. The van der Waals surface area contributed by atoms with Gasteiger partial charge in [-0.3, -0.25) is 9.59 Å². The van der Waals surface area contributed by atoms with E-state index < -0.39 is 12.2 Å². The van der Waals surface area contributed by atoms with E-state index in [4.69, 9.17) is 0 Å². The number of hydrogen-bond acceptors (Lipinski definition) is 7. The largest absolute Gasteiger partial charge is 0.348 e. The van der Waals surface area contributed by atoms with Crippen molar-refractivity contribution in [2.24, 2.45) is 0 Å². The number of nitrogens with zero attached hydrogens (tertiary/aromatic N) is 6. The molecular weight excluding hydrogens is 540 g/mol. The van der Waals surface area contributed by atoms with Gasteiger partial charge in [-0.25, -0.2) is 24.8 Å². The molecule has 6 rings (SSSR count). The molecule has 12 heteroatoms. The van der Waals surface area contributed by atoms with Crippen LogP contribution in [0.3, 0.4) is 0 Å². The molecule has 0 bridgehead atoms. The maximum Gasteiger partial charge on any atom is 0.334 e. The molecular formula is C29H30N8O3S. The summed E-state index contributed by atoms with van der Waals surface area (Å²) in [6.07, 6.45) is 4.40. The van der Waals surface area contributed by atoms with Gasteiger partial charge < -0.3 is 20.1 Å². The van der Waals surface area contributed by atoms with E-state index in [0.29, 0.717) is 19.6 Å². The molecule has 2 atom stereocenters. The first-order chi connectivity index (χ1) is 20.0. The summed E-state index contributed by atoms with van der Waals surface area (Å²) in [5.74, 6) is -0.402. The number of benzene rings is 2. The lowest BCUT2D eigenvalue weighted by atomic mass is 10.0. The predicted octanol–water partition coefficient (Wildman–Crippen LogP) is 2.76. The van der Waals surface area contributed by atoms with Crippen molar-refractivity contribution in [3.05, 3.63) is 96.0 Å². The lowest BCUT2D eigenvalue weighted by Crippen LogP contribution is -2.76. The molecule has 1 unspecified atom stereocenters. The van der Waals surface area contributed by atoms with Crippen LogP contribution in [0.1, 0.15) is 16.8 Å². The summed E-state index contributed by atoms with van der Waals surface area (Å²) in [7, 11) is 0. The number of carbonyl (C=O) groups excluding carboxylic acids is 3. The molecule has 0 aliphatic carbocycles. The Bertz CT molecular complexity index is 1560. The summed E-state index contributed by atoms with van der Waals surface area (Å²) >= 11 is 1.54. The molecule has 210 valence electrons. The van der Waals surface area contributed by atoms with Crippen molar-refractivity contribution < 1.29 is 14.4 Å². The number of para-hydroxylation sites is 1. The van der Waals surface area contributed by atoms with Gasteiger partial charge in [0.2, 0.25) is 11.8 Å². The quantitative estimate of drug-likeness (QED) is 0.315. The summed E-state index contributed by atoms with van der Waals surface area (Å²) < 4.78 is 1.04. The molecule has 11 nitrogen and oxygen atoms in total. The molecule has 2 aliphatic heterocycles. The summed E-state index contributed by atoms with van der Waals surface area (Å²) in [5.41, 5.74) is 5.24. The van der Waals surface area contributed by atoms with Gasteiger partial charge in [-0.15, -0.1) is 17.9 Å². The number of imidazole rings is 1. The van der Waals surface area contributed by atoms with Gasteiger partial charge in [-0.2, -0.15) is 0 Å². The highest BCUT2D eigenvalue weighted by Crippen LogP contribution is 2.30. The van der Waals surface area contributed by atoms with Gasteiger partial charge in [0.1, 0.15) is 12.2 Å². The van der Waals surface area contributed by atoms with Crippen LogP contribution in [0.4, 0.5) is 4.79 Å². The minimum absolute atomic E-state index is 0.0494. The minimum atomic E-state index is -0.813. The Morgan fingerprint density at radius 2 is 2.02 bits per heavy atom. The number of nitrogens with one attached hydrogen (secondary N) is 2. The second-order valence-corrected chi connectivity index (χ2v) is 10.9. The number of aromatic amines is 1. The number of amides is 4. The second-order valence-electron chi connectivity index (χ2n) is 10.0. The Morgan fingerprint density at radius 1 is 1.17 bits per heavy atom. The standard InChI is InChI=1S/C29H30N8O3S/c1-2-11-35-17-26(38)36-23(12-22-14-30-18-32-22)28(39)34(15-21-9-6-10-24-27(21)33-19-41-24)16-25(36)37(35)29(40)31-13-20-7-4-3-5-8-20/h2-10,14,18-19,23,25H,1,11-13,15-17H2,(H,30,32)(H,31,40)/t23-,25?/m0/s1. The fourth-order valence-corrected chi connectivity index (χ4v) is 6.31. The van der Waals surface area contributed by atoms with E-state index in [0.717, 1.165) is 27.0 Å². The molecule has 2 fully saturated rings. The van der Waals surface area contributed by atoms with Gasteiger partial charge in [-0.05, 0) is 17.2 Å². The molecule has 0 saturated carbocycles. The first kappa shape index (κ1) is 26.7. The molecule has 4 amide bonds. The third-order valence-electron chi connectivity index (χ3n) is 7.44. The topological polar surface area (TPSA) is 118 Å². The van der Waals surface area contributed by atoms with Crippen LogP contribution in [0.15, 0.2) is 79.2 Å². The molecule has 4 aromatic rings. The van der Waals surface area contributed by atoms with E-state index in [-0.39, 0.29) is 37.4 Å². The second kappa shape index (κ2) is 11.5. The van der Waals surface area contributed by atoms with Crippen molar-refractivity contribution in [2.75, 3.05) is 19.6 Å². The smallest absolute Gasteiger partial charge is 0.334 e. The average Bonchev–Trinajstić information content (AvgIpc) is 3.68. The summed E-state index contributed by atoms with van der Waals surface area (Å²) in [6, 6.07) is 14.4. The van der Waals surface area contributed by atoms with Crippen LogP contribution in [0.25, 0.3) is 10.2 Å². The lowest BCUT2D eigenvalue weighted by molar-refractivity contribution is -0.189. The van der Waals surface area contributed by atoms with Crippen LogP contribution < -0.4 is 5.32 Å². The Hall–Kier alpha value is -4.55. The predicted molar refractivity (Wildman–Crippen MR) is 154 cm³/mol. The fourth-order valence-electron chi connectivity index (χ4n) is 5.58. The molecule has 2 saturated heterocycles. The zero-order chi connectivity index (χ0) is 28.3. The maximum absolute atomic E-state index is 14.1. The van der Waals surface area contributed by atoms with E-state index in [1.54, 1.807) is 55.3 Å². The van der Waals surface area contributed by atoms with Crippen LogP contribution >= 0.6 is 11.3 Å². The molecule has 2 aromatic heterocycles. The highest BCUT2D eigenvalue weighted by Gasteiger charge is 2.51. The van der Waals surface area contributed by atoms with E-state index >= 15 is 0 Å². The van der Waals surface area contributed by atoms with Crippen LogP contribution in [0.2, 0.25) is 0 Å². The normalized spacial score (nSPS) is 19.5. The average molecular weight is 571 g/mol. The maximum atomic E-state index is 14.1. The first-order valence-corrected chi connectivity index (χ1v) is 14.3. The number of piperazine rings is 1. The fraction of sp³-hybridized carbons (Fsp3) is 0.276. The zero-order valence-corrected chi connectivity index (χ0v) is 23.2. The van der Waals surface area contributed by atoms with Gasteiger partial charge in [-0.1, -0.05) is 48.5 Å². The van der Waals surface area contributed by atoms with Gasteiger partial charge in [0.25, 0.3) is 0 Å². The van der Waals surface area contributed by atoms with E-state index in [9.17, 15) is 14.4 Å². The van der Waals surface area contributed by atoms with Crippen molar-refractivity contribution in [3.63, 3.8) is 0 Å². The molecule has 2 aromatic carbocycles. The minimum Gasteiger partial charge on any atom is -0.348 e. The number of aromatic nitrogens is 3. The van der Waals surface area contributed by atoms with Gasteiger partial charge >= 0.3 is 6.03 Å². The number of urea groups is 1. The van der Waals surface area contributed by atoms with E-state index in [2.05, 4.69) is 26.8 Å². The number of rotatable bonds is 8. The highest BCUT2D eigenvalue weighted by molar-refractivity contribution is 7.16. The van der Waals surface area contributed by atoms with Crippen molar-refractivity contribution in [3.8, 4) is 0 Å². The number of H-pyrrole nitrogens is 1. The Morgan fingerprint density at radius 3 is 2.80 bits per heavy atom. The summed E-state index contributed by atoms with van der Waals surface area (Å²) in [5, 5.41) is 6.28. The van der Waals surface area contributed by atoms with Crippen molar-refractivity contribution >= 4 is 39.4 Å². The van der Waals surface area contributed by atoms with Crippen LogP contribution in [-0.2, 0) is 29.1 Å². The Labute approximate surface area is 241 Å². The lowest BCUT2D eigenvalue weighted by Gasteiger charge is -2.55. The van der Waals surface area contributed by atoms with Gasteiger partial charge in [0.05, 0.1) is 35.1 Å². The van der Waals surface area contributed by atoms with Crippen molar-refractivity contribution in [1.82, 2.24) is 40.1 Å². The van der Waals surface area contributed by atoms with Crippen LogP contribution in [0, 0.1) is 0 Å². The third-order valence-corrected chi connectivity index (χ3v) is 8.23. The summed E-state index contributed by atoms with van der Waals surface area (Å²) in [4.78, 5) is 56.5. The van der Waals surface area contributed by atoms with Crippen molar-refractivity contribution in [1.29, 1.82) is 0 Å². The van der Waals surface area contributed by atoms with Crippen LogP contribution in [-0.4, -0.2) is 84.5 Å². The number of thiazole rings is 1. The molecule has 2 aliphatic rings.